The number of primary sulfonamides is 1. The molecule has 1 rings (SSSR count). The Labute approximate surface area is 89.5 Å². The number of para-hydroxylation sites is 1. The molecular formula is C10H12N2O2S. The highest BCUT2D eigenvalue weighted by atomic mass is 32.2. The van der Waals surface area contributed by atoms with E-state index in [2.05, 4.69) is 17.2 Å². The van der Waals surface area contributed by atoms with Crippen molar-refractivity contribution in [2.45, 2.75) is 11.8 Å². The third-order valence-corrected chi connectivity index (χ3v) is 2.71. The smallest absolute Gasteiger partial charge is 0.240 e. The van der Waals surface area contributed by atoms with E-state index < -0.39 is 10.0 Å². The van der Waals surface area contributed by atoms with E-state index in [1.807, 2.05) is 0 Å². The predicted octanol–water partition coefficient (Wildman–Crippen LogP) is 0.769. The number of hydrogen-bond donors (Lipinski definition) is 2. The van der Waals surface area contributed by atoms with Crippen molar-refractivity contribution in [1.29, 1.82) is 0 Å². The van der Waals surface area contributed by atoms with E-state index >= 15 is 0 Å². The Kier molecular flexibility index (Phi) is 3.72. The highest BCUT2D eigenvalue weighted by molar-refractivity contribution is 7.89. The van der Waals surface area contributed by atoms with Gasteiger partial charge in [0.25, 0.3) is 0 Å². The number of sulfonamides is 1. The van der Waals surface area contributed by atoms with Gasteiger partial charge in [0.1, 0.15) is 4.90 Å². The molecule has 0 unspecified atom stereocenters. The van der Waals surface area contributed by atoms with E-state index in [0.29, 0.717) is 12.2 Å². The van der Waals surface area contributed by atoms with Crippen LogP contribution in [0.4, 0.5) is 5.69 Å². The molecule has 1 aromatic rings. The summed E-state index contributed by atoms with van der Waals surface area (Å²) in [6.45, 7) is 2.11. The summed E-state index contributed by atoms with van der Waals surface area (Å²) in [6, 6.07) is 6.46. The van der Waals surface area contributed by atoms with Crippen molar-refractivity contribution in [2.24, 2.45) is 5.14 Å². The van der Waals surface area contributed by atoms with E-state index in [-0.39, 0.29) is 4.90 Å². The van der Waals surface area contributed by atoms with Gasteiger partial charge in [-0.3, -0.25) is 0 Å². The third-order valence-electron chi connectivity index (χ3n) is 1.74. The van der Waals surface area contributed by atoms with Crippen LogP contribution in [-0.2, 0) is 10.0 Å². The maximum atomic E-state index is 11.2. The molecule has 0 atom stereocenters. The van der Waals surface area contributed by atoms with Crippen molar-refractivity contribution < 1.29 is 8.42 Å². The first-order valence-corrected chi connectivity index (χ1v) is 5.85. The second kappa shape index (κ2) is 4.82. The van der Waals surface area contributed by atoms with E-state index in [1.165, 1.54) is 6.07 Å². The number of nitrogens with one attached hydrogen (secondary N) is 1. The second-order valence-electron chi connectivity index (χ2n) is 2.82. The Morgan fingerprint density at radius 2 is 2.07 bits per heavy atom. The summed E-state index contributed by atoms with van der Waals surface area (Å²) in [5.41, 5.74) is 0.475. The quantitative estimate of drug-likeness (QED) is 0.745. The van der Waals surface area contributed by atoms with Gasteiger partial charge in [-0.05, 0) is 19.1 Å². The van der Waals surface area contributed by atoms with Crippen molar-refractivity contribution >= 4 is 15.7 Å². The fourth-order valence-corrected chi connectivity index (χ4v) is 1.80. The summed E-state index contributed by atoms with van der Waals surface area (Å²) in [7, 11) is -3.68. The molecule has 3 N–H and O–H groups in total. The van der Waals surface area contributed by atoms with Crippen LogP contribution in [0.3, 0.4) is 0 Å². The summed E-state index contributed by atoms with van der Waals surface area (Å²) in [5.74, 6) is 5.48. The highest BCUT2D eigenvalue weighted by Crippen LogP contribution is 2.18. The first-order valence-electron chi connectivity index (χ1n) is 4.31. The maximum absolute atomic E-state index is 11.2. The molecule has 0 aromatic heterocycles. The Morgan fingerprint density at radius 3 is 2.67 bits per heavy atom. The first kappa shape index (κ1) is 11.6. The van der Waals surface area contributed by atoms with Crippen molar-refractivity contribution in [1.82, 2.24) is 0 Å². The molecule has 1 aromatic carbocycles. The molecule has 0 bridgehead atoms. The minimum absolute atomic E-state index is 0.0860. The van der Waals surface area contributed by atoms with Crippen LogP contribution in [0.5, 0.6) is 0 Å². The van der Waals surface area contributed by atoms with Gasteiger partial charge in [-0.1, -0.05) is 18.1 Å². The lowest BCUT2D eigenvalue weighted by Crippen LogP contribution is -2.15. The fraction of sp³-hybridized carbons (Fsp3) is 0.200. The van der Waals surface area contributed by atoms with Gasteiger partial charge in [0, 0.05) is 0 Å². The van der Waals surface area contributed by atoms with Crippen molar-refractivity contribution in [2.75, 3.05) is 11.9 Å². The Morgan fingerprint density at radius 1 is 1.40 bits per heavy atom. The van der Waals surface area contributed by atoms with Gasteiger partial charge in [-0.15, -0.1) is 5.92 Å². The van der Waals surface area contributed by atoms with Crippen LogP contribution in [0.1, 0.15) is 6.92 Å². The lowest BCUT2D eigenvalue weighted by atomic mass is 10.3. The van der Waals surface area contributed by atoms with Crippen LogP contribution >= 0.6 is 0 Å². The summed E-state index contributed by atoms with van der Waals surface area (Å²) in [6.07, 6.45) is 0. The number of anilines is 1. The minimum atomic E-state index is -3.68. The molecule has 0 radical (unpaired) electrons. The molecule has 80 valence electrons. The second-order valence-corrected chi connectivity index (χ2v) is 4.35. The molecule has 0 saturated carbocycles. The largest absolute Gasteiger partial charge is 0.373 e. The van der Waals surface area contributed by atoms with Crippen LogP contribution in [0.25, 0.3) is 0 Å². The van der Waals surface area contributed by atoms with Gasteiger partial charge in [0.2, 0.25) is 10.0 Å². The van der Waals surface area contributed by atoms with Gasteiger partial charge in [-0.2, -0.15) is 0 Å². The summed E-state index contributed by atoms with van der Waals surface area (Å²) in [4.78, 5) is 0.0860. The van der Waals surface area contributed by atoms with Crippen LogP contribution in [-0.4, -0.2) is 15.0 Å². The Hall–Kier alpha value is -1.51. The Bertz CT molecular complexity index is 498. The Balaban J connectivity index is 3.01. The molecule has 4 nitrogen and oxygen atoms in total. The molecule has 0 aliphatic carbocycles. The van der Waals surface area contributed by atoms with Gasteiger partial charge in [0.15, 0.2) is 0 Å². The summed E-state index contributed by atoms with van der Waals surface area (Å²) < 4.78 is 22.4. The number of hydrogen-bond acceptors (Lipinski definition) is 3. The lowest BCUT2D eigenvalue weighted by Gasteiger charge is -2.07. The third kappa shape index (κ3) is 3.27. The molecule has 5 heteroatoms. The zero-order chi connectivity index (χ0) is 11.3. The zero-order valence-electron chi connectivity index (χ0n) is 8.32. The predicted molar refractivity (Wildman–Crippen MR) is 59.8 cm³/mol. The average molecular weight is 224 g/mol. The van der Waals surface area contributed by atoms with Crippen LogP contribution in [0, 0.1) is 11.8 Å². The summed E-state index contributed by atoms with van der Waals surface area (Å²) in [5, 5.41) is 7.95. The monoisotopic (exact) mass is 224 g/mol. The average Bonchev–Trinajstić information content (AvgIpc) is 2.17. The normalized spacial score (nSPS) is 10.3. The van der Waals surface area contributed by atoms with Crippen molar-refractivity contribution in [3.63, 3.8) is 0 Å². The molecular weight excluding hydrogens is 212 g/mol. The van der Waals surface area contributed by atoms with Gasteiger partial charge in [-0.25, -0.2) is 13.6 Å². The van der Waals surface area contributed by atoms with E-state index in [4.69, 9.17) is 5.14 Å². The standard InChI is InChI=1S/C10H12N2O2S/c1-2-3-8-12-9-6-4-5-7-10(9)15(11,13)14/h4-7,12H,8H2,1H3,(H2,11,13,14). The van der Waals surface area contributed by atoms with Gasteiger partial charge < -0.3 is 5.32 Å². The first-order chi connectivity index (χ1) is 7.05. The molecule has 0 aliphatic rings. The lowest BCUT2D eigenvalue weighted by molar-refractivity contribution is 0.598. The van der Waals surface area contributed by atoms with E-state index in [0.717, 1.165) is 0 Å². The summed E-state index contributed by atoms with van der Waals surface area (Å²) >= 11 is 0. The van der Waals surface area contributed by atoms with Crippen LogP contribution in [0.15, 0.2) is 29.2 Å². The van der Waals surface area contributed by atoms with Gasteiger partial charge >= 0.3 is 0 Å². The maximum Gasteiger partial charge on any atom is 0.240 e. The molecule has 0 heterocycles. The van der Waals surface area contributed by atoms with Crippen LogP contribution < -0.4 is 10.5 Å². The molecule has 0 aliphatic heterocycles. The molecule has 0 fully saturated rings. The molecule has 0 amide bonds. The van der Waals surface area contributed by atoms with E-state index in [1.54, 1.807) is 25.1 Å². The molecule has 0 spiro atoms. The highest BCUT2D eigenvalue weighted by Gasteiger charge is 2.11. The molecule has 0 saturated heterocycles. The zero-order valence-corrected chi connectivity index (χ0v) is 9.14. The fourth-order valence-electron chi connectivity index (χ4n) is 1.09. The topological polar surface area (TPSA) is 72.2 Å². The number of nitrogens with two attached hydrogens (primary N) is 1. The SMILES string of the molecule is CC#CCNc1ccccc1S(N)(=O)=O. The van der Waals surface area contributed by atoms with Crippen molar-refractivity contribution in [3.8, 4) is 11.8 Å². The van der Waals surface area contributed by atoms with Gasteiger partial charge in [0.05, 0.1) is 12.2 Å². The number of rotatable bonds is 3. The van der Waals surface area contributed by atoms with E-state index in [9.17, 15) is 8.42 Å². The molecule has 15 heavy (non-hydrogen) atoms. The van der Waals surface area contributed by atoms with Crippen molar-refractivity contribution in [3.05, 3.63) is 24.3 Å². The minimum Gasteiger partial charge on any atom is -0.373 e. The number of benzene rings is 1. The van der Waals surface area contributed by atoms with Crippen LogP contribution in [0.2, 0.25) is 0 Å².